The third-order valence-electron chi connectivity index (χ3n) is 4.58. The highest BCUT2D eigenvalue weighted by atomic mass is 127. The molecule has 1 fully saturated rings. The number of aromatic nitrogens is 1. The lowest BCUT2D eigenvalue weighted by atomic mass is 10.3. The number of hydrogen-bond acceptors (Lipinski definition) is 6. The number of sulfonamides is 1. The van der Waals surface area contributed by atoms with Crippen LogP contribution in [0.1, 0.15) is 12.7 Å². The van der Waals surface area contributed by atoms with Gasteiger partial charge in [0.2, 0.25) is 10.0 Å². The number of furan rings is 1. The highest BCUT2D eigenvalue weighted by Crippen LogP contribution is 2.14. The van der Waals surface area contributed by atoms with E-state index in [-0.39, 0.29) is 36.3 Å². The van der Waals surface area contributed by atoms with Crippen LogP contribution in [0.15, 0.2) is 52.2 Å². The Labute approximate surface area is 195 Å². The molecule has 0 atom stereocenters. The molecule has 0 spiro atoms. The van der Waals surface area contributed by atoms with E-state index < -0.39 is 10.0 Å². The van der Waals surface area contributed by atoms with Gasteiger partial charge in [0.05, 0.1) is 12.0 Å². The number of pyridine rings is 1. The standard InChI is InChI=1S/C19H28N6O3S.HI/c1-2-20-19(23-16-17-6-5-14-28-17)22-9-15-29(26,27)25-12-10-24(11-13-25)18-7-3-4-8-21-18;/h3-8,14H,2,9-13,15-16H2,1H3,(H2,20,22,23);1H. The summed E-state index contributed by atoms with van der Waals surface area (Å²) >= 11 is 0. The largest absolute Gasteiger partial charge is 0.467 e. The van der Waals surface area contributed by atoms with Crippen LogP contribution >= 0.6 is 24.0 Å². The van der Waals surface area contributed by atoms with E-state index in [9.17, 15) is 8.42 Å². The molecule has 1 saturated heterocycles. The maximum absolute atomic E-state index is 12.7. The van der Waals surface area contributed by atoms with Crippen LogP contribution in [0.5, 0.6) is 0 Å². The Morgan fingerprint density at radius 3 is 2.60 bits per heavy atom. The van der Waals surface area contributed by atoms with Crippen LogP contribution in [0.25, 0.3) is 0 Å². The van der Waals surface area contributed by atoms with Gasteiger partial charge in [0.15, 0.2) is 5.96 Å². The monoisotopic (exact) mass is 548 g/mol. The molecule has 2 aromatic heterocycles. The van der Waals surface area contributed by atoms with E-state index in [0.717, 1.165) is 11.6 Å². The Hall–Kier alpha value is -1.86. The maximum Gasteiger partial charge on any atom is 0.215 e. The number of rotatable bonds is 8. The summed E-state index contributed by atoms with van der Waals surface area (Å²) in [7, 11) is -3.34. The Bertz CT molecular complexity index is 869. The van der Waals surface area contributed by atoms with E-state index in [2.05, 4.69) is 25.5 Å². The first-order valence-corrected chi connectivity index (χ1v) is 11.4. The molecule has 166 valence electrons. The zero-order chi connectivity index (χ0) is 20.5. The number of guanidine groups is 1. The topological polar surface area (TPSA) is 103 Å². The van der Waals surface area contributed by atoms with Crippen molar-refractivity contribution in [1.82, 2.24) is 19.9 Å². The predicted molar refractivity (Wildman–Crippen MR) is 129 cm³/mol. The minimum Gasteiger partial charge on any atom is -0.467 e. The van der Waals surface area contributed by atoms with Crippen LogP contribution in [-0.2, 0) is 16.6 Å². The molecule has 0 aliphatic carbocycles. The first-order valence-electron chi connectivity index (χ1n) is 9.77. The smallest absolute Gasteiger partial charge is 0.215 e. The Balaban J connectivity index is 0.00000320. The molecule has 0 aromatic carbocycles. The van der Waals surface area contributed by atoms with Gasteiger partial charge >= 0.3 is 0 Å². The Morgan fingerprint density at radius 1 is 1.17 bits per heavy atom. The summed E-state index contributed by atoms with van der Waals surface area (Å²) in [5.41, 5.74) is 0. The molecular weight excluding hydrogens is 519 g/mol. The van der Waals surface area contributed by atoms with Crippen molar-refractivity contribution in [2.45, 2.75) is 13.5 Å². The van der Waals surface area contributed by atoms with Crippen molar-refractivity contribution in [3.8, 4) is 0 Å². The molecule has 1 aliphatic heterocycles. The molecule has 3 rings (SSSR count). The van der Waals surface area contributed by atoms with E-state index in [1.165, 1.54) is 0 Å². The Kier molecular flexibility index (Phi) is 9.85. The first kappa shape index (κ1) is 24.4. The summed E-state index contributed by atoms with van der Waals surface area (Å²) in [6.07, 6.45) is 3.35. The van der Waals surface area contributed by atoms with Crippen LogP contribution in [0, 0.1) is 0 Å². The van der Waals surface area contributed by atoms with Gasteiger partial charge in [0, 0.05) is 45.5 Å². The summed E-state index contributed by atoms with van der Waals surface area (Å²) in [5.74, 6) is 2.22. The second kappa shape index (κ2) is 12.1. The molecule has 1 aliphatic rings. The molecule has 3 heterocycles. The maximum atomic E-state index is 12.7. The second-order valence-corrected chi connectivity index (χ2v) is 8.68. The quantitative estimate of drug-likeness (QED) is 0.293. The van der Waals surface area contributed by atoms with E-state index in [1.807, 2.05) is 37.3 Å². The summed E-state index contributed by atoms with van der Waals surface area (Å²) in [6.45, 7) is 5.52. The van der Waals surface area contributed by atoms with Crippen molar-refractivity contribution >= 4 is 45.8 Å². The van der Waals surface area contributed by atoms with Crippen molar-refractivity contribution in [2.75, 3.05) is 49.9 Å². The highest BCUT2D eigenvalue weighted by molar-refractivity contribution is 14.0. The fourth-order valence-corrected chi connectivity index (χ4v) is 4.40. The molecular formula is C19H29IN6O3S. The molecule has 0 radical (unpaired) electrons. The van der Waals surface area contributed by atoms with Crippen molar-refractivity contribution < 1.29 is 12.8 Å². The second-order valence-electron chi connectivity index (χ2n) is 6.59. The Morgan fingerprint density at radius 2 is 1.97 bits per heavy atom. The molecule has 9 nitrogen and oxygen atoms in total. The molecule has 0 unspecified atom stereocenters. The van der Waals surface area contributed by atoms with E-state index in [4.69, 9.17) is 4.42 Å². The van der Waals surface area contributed by atoms with Gasteiger partial charge in [-0.2, -0.15) is 4.31 Å². The van der Waals surface area contributed by atoms with Crippen molar-refractivity contribution in [2.24, 2.45) is 4.99 Å². The number of aliphatic imine (C=N–C) groups is 1. The lowest BCUT2D eigenvalue weighted by Gasteiger charge is -2.34. The predicted octanol–water partition coefficient (Wildman–Crippen LogP) is 1.50. The third kappa shape index (κ3) is 7.13. The molecule has 11 heteroatoms. The van der Waals surface area contributed by atoms with Gasteiger partial charge in [-0.15, -0.1) is 24.0 Å². The van der Waals surface area contributed by atoms with E-state index in [0.29, 0.717) is 45.2 Å². The fourth-order valence-electron chi connectivity index (χ4n) is 3.06. The van der Waals surface area contributed by atoms with Crippen molar-refractivity contribution in [1.29, 1.82) is 0 Å². The lowest BCUT2D eigenvalue weighted by Crippen LogP contribution is -2.50. The molecule has 0 bridgehead atoms. The average Bonchev–Trinajstić information content (AvgIpc) is 3.26. The van der Waals surface area contributed by atoms with Crippen LogP contribution in [0.2, 0.25) is 0 Å². The summed E-state index contributed by atoms with van der Waals surface area (Å²) in [6, 6.07) is 9.41. The van der Waals surface area contributed by atoms with Gasteiger partial charge in [-0.25, -0.2) is 18.4 Å². The van der Waals surface area contributed by atoms with Crippen molar-refractivity contribution in [3.63, 3.8) is 0 Å². The number of nitrogens with zero attached hydrogens (tertiary/aromatic N) is 4. The van der Waals surface area contributed by atoms with Crippen LogP contribution in [0.3, 0.4) is 0 Å². The summed E-state index contributed by atoms with van der Waals surface area (Å²) in [4.78, 5) is 10.8. The molecule has 30 heavy (non-hydrogen) atoms. The van der Waals surface area contributed by atoms with Crippen LogP contribution in [0.4, 0.5) is 5.82 Å². The van der Waals surface area contributed by atoms with Crippen LogP contribution < -0.4 is 15.5 Å². The number of nitrogens with one attached hydrogen (secondary N) is 2. The summed E-state index contributed by atoms with van der Waals surface area (Å²) in [5, 5.41) is 6.19. The minimum absolute atomic E-state index is 0. The molecule has 0 amide bonds. The first-order chi connectivity index (χ1) is 14.1. The van der Waals surface area contributed by atoms with Gasteiger partial charge in [-0.1, -0.05) is 6.07 Å². The highest BCUT2D eigenvalue weighted by Gasteiger charge is 2.27. The van der Waals surface area contributed by atoms with E-state index in [1.54, 1.807) is 16.8 Å². The van der Waals surface area contributed by atoms with Gasteiger partial charge < -0.3 is 20.0 Å². The van der Waals surface area contributed by atoms with Gasteiger partial charge in [-0.05, 0) is 31.2 Å². The number of anilines is 1. The van der Waals surface area contributed by atoms with E-state index >= 15 is 0 Å². The van der Waals surface area contributed by atoms with Crippen LogP contribution in [-0.4, -0.2) is 68.7 Å². The number of hydrogen-bond donors (Lipinski definition) is 2. The molecule has 2 aromatic rings. The molecule has 0 saturated carbocycles. The van der Waals surface area contributed by atoms with Gasteiger partial charge in [-0.3, -0.25) is 0 Å². The lowest BCUT2D eigenvalue weighted by molar-refractivity contribution is 0.384. The van der Waals surface area contributed by atoms with Crippen molar-refractivity contribution in [3.05, 3.63) is 48.6 Å². The molecule has 2 N–H and O–H groups in total. The minimum atomic E-state index is -3.34. The van der Waals surface area contributed by atoms with Gasteiger partial charge in [0.25, 0.3) is 0 Å². The SMILES string of the molecule is CCNC(=NCc1ccco1)NCCS(=O)(=O)N1CCN(c2ccccn2)CC1.I. The summed E-state index contributed by atoms with van der Waals surface area (Å²) < 4.78 is 32.2. The average molecular weight is 548 g/mol. The zero-order valence-electron chi connectivity index (χ0n) is 17.0. The van der Waals surface area contributed by atoms with Gasteiger partial charge in [0.1, 0.15) is 18.1 Å². The number of piperazine rings is 1. The fraction of sp³-hybridized carbons (Fsp3) is 0.474. The normalized spacial score (nSPS) is 15.5. The number of halogens is 1. The zero-order valence-corrected chi connectivity index (χ0v) is 20.2. The third-order valence-corrected chi connectivity index (χ3v) is 6.45.